The number of nitrogens with zero attached hydrogens (tertiary/aromatic N) is 3. The number of hydrogen-bond acceptors (Lipinski definition) is 11. The van der Waals surface area contributed by atoms with Gasteiger partial charge in [-0.25, -0.2) is 24.4 Å². The Morgan fingerprint density at radius 2 is 1.56 bits per heavy atom. The summed E-state index contributed by atoms with van der Waals surface area (Å²) in [4.78, 5) is 42.3. The van der Waals surface area contributed by atoms with Gasteiger partial charge in [0.15, 0.2) is 0 Å². The Morgan fingerprint density at radius 1 is 0.827 bits per heavy atom. The molecule has 0 aliphatic carbocycles. The van der Waals surface area contributed by atoms with Gasteiger partial charge in [-0.2, -0.15) is 5.10 Å². The number of carbonyl (C=O) groups is 3. The van der Waals surface area contributed by atoms with Crippen molar-refractivity contribution in [1.82, 2.24) is 4.98 Å². The number of ether oxygens (including phenoxy) is 4. The van der Waals surface area contributed by atoms with E-state index in [0.717, 1.165) is 38.2 Å². The lowest BCUT2D eigenvalue weighted by atomic mass is 10.1. The molecule has 0 fully saturated rings. The van der Waals surface area contributed by atoms with Gasteiger partial charge >= 0.3 is 17.9 Å². The zero-order chi connectivity index (χ0) is 36.6. The van der Waals surface area contributed by atoms with Crippen LogP contribution < -0.4 is 19.2 Å². The summed E-state index contributed by atoms with van der Waals surface area (Å²) in [5.41, 5.74) is 4.05. The number of hydrogen-bond donors (Lipinski definition) is 0. The summed E-state index contributed by atoms with van der Waals surface area (Å²) in [6, 6.07) is 28.8. The molecule has 0 N–H and O–H groups in total. The third-order valence-electron chi connectivity index (χ3n) is 7.92. The van der Waals surface area contributed by atoms with Crippen molar-refractivity contribution < 1.29 is 33.3 Å². The number of aryl methyl sites for hydroxylation is 2. The van der Waals surface area contributed by atoms with Crippen LogP contribution in [0.25, 0.3) is 21.0 Å². The molecular weight excluding hydrogens is 679 g/mol. The van der Waals surface area contributed by atoms with E-state index in [1.807, 2.05) is 50.2 Å². The first-order chi connectivity index (χ1) is 25.2. The topological polar surface area (TPSA) is 117 Å². The summed E-state index contributed by atoms with van der Waals surface area (Å²) >= 11 is 1.51. The molecule has 1 aromatic heterocycles. The first-order valence-electron chi connectivity index (χ1n) is 16.4. The SMILES string of the molecule is C=CC(=O)OCCCOc1ccc(C(=O)Oc2ccc3cc(C(=O)Oc4ccc(C)cc4C)ccc3c2)cc1/C=N/N(C)c1nc2ccccc2s1. The average molecular weight is 714 g/mol. The molecule has 0 radical (unpaired) electrons. The number of thiazole rings is 1. The second kappa shape index (κ2) is 16.1. The third-order valence-corrected chi connectivity index (χ3v) is 9.03. The van der Waals surface area contributed by atoms with Gasteiger partial charge in [0.05, 0.1) is 40.8 Å². The lowest BCUT2D eigenvalue weighted by Gasteiger charge is -2.13. The second-order valence-electron chi connectivity index (χ2n) is 11.8. The van der Waals surface area contributed by atoms with Crippen molar-refractivity contribution in [1.29, 1.82) is 0 Å². The summed E-state index contributed by atoms with van der Waals surface area (Å²) in [5.74, 6) is -0.213. The minimum absolute atomic E-state index is 0.170. The van der Waals surface area contributed by atoms with Crippen LogP contribution in [0.3, 0.4) is 0 Å². The largest absolute Gasteiger partial charge is 0.493 e. The van der Waals surface area contributed by atoms with Crippen LogP contribution in [-0.4, -0.2) is 49.4 Å². The van der Waals surface area contributed by atoms with Crippen LogP contribution in [0.15, 0.2) is 115 Å². The van der Waals surface area contributed by atoms with Gasteiger partial charge in [0.1, 0.15) is 17.2 Å². The van der Waals surface area contributed by atoms with E-state index in [4.69, 9.17) is 18.9 Å². The van der Waals surface area contributed by atoms with Crippen LogP contribution in [0.1, 0.15) is 43.8 Å². The summed E-state index contributed by atoms with van der Waals surface area (Å²) < 4.78 is 23.5. The van der Waals surface area contributed by atoms with E-state index < -0.39 is 17.9 Å². The van der Waals surface area contributed by atoms with Crippen LogP contribution >= 0.6 is 11.3 Å². The van der Waals surface area contributed by atoms with Crippen LogP contribution in [0.4, 0.5) is 5.13 Å². The monoisotopic (exact) mass is 713 g/mol. The molecule has 0 saturated heterocycles. The third kappa shape index (κ3) is 8.69. The van der Waals surface area contributed by atoms with Crippen molar-refractivity contribution >= 4 is 61.6 Å². The Hall–Kier alpha value is -6.33. The first-order valence-corrected chi connectivity index (χ1v) is 17.2. The highest BCUT2D eigenvalue weighted by Gasteiger charge is 2.15. The summed E-state index contributed by atoms with van der Waals surface area (Å²) in [6.07, 6.45) is 3.15. The fraction of sp³-hybridized carbons (Fsp3) is 0.146. The summed E-state index contributed by atoms with van der Waals surface area (Å²) in [6.45, 7) is 7.70. The fourth-order valence-corrected chi connectivity index (χ4v) is 6.11. The molecule has 1 heterocycles. The number of benzene rings is 5. The van der Waals surface area contributed by atoms with Crippen molar-refractivity contribution in [3.05, 3.63) is 138 Å². The highest BCUT2D eigenvalue weighted by atomic mass is 32.1. The van der Waals surface area contributed by atoms with E-state index in [1.165, 1.54) is 11.3 Å². The Morgan fingerprint density at radius 3 is 2.37 bits per heavy atom. The number of anilines is 1. The molecule has 0 aliphatic rings. The van der Waals surface area contributed by atoms with E-state index >= 15 is 0 Å². The predicted octanol–water partition coefficient (Wildman–Crippen LogP) is 8.47. The molecule has 262 valence electrons. The number of rotatable bonds is 13. The molecule has 6 rings (SSSR count). The Balaban J connectivity index is 1.17. The van der Waals surface area contributed by atoms with E-state index in [1.54, 1.807) is 78.9 Å². The smallest absolute Gasteiger partial charge is 0.343 e. The van der Waals surface area contributed by atoms with E-state index in [9.17, 15) is 14.4 Å². The van der Waals surface area contributed by atoms with Crippen molar-refractivity contribution in [3.63, 3.8) is 0 Å². The minimum Gasteiger partial charge on any atom is -0.493 e. The Labute approximate surface area is 304 Å². The molecule has 0 spiro atoms. The van der Waals surface area contributed by atoms with Gasteiger partial charge in [0.2, 0.25) is 5.13 Å². The van der Waals surface area contributed by atoms with Crippen LogP contribution in [-0.2, 0) is 9.53 Å². The van der Waals surface area contributed by atoms with Gasteiger partial charge in [-0.15, -0.1) is 0 Å². The molecule has 10 nitrogen and oxygen atoms in total. The highest BCUT2D eigenvalue weighted by molar-refractivity contribution is 7.22. The van der Waals surface area contributed by atoms with Gasteiger partial charge in [-0.3, -0.25) is 0 Å². The van der Waals surface area contributed by atoms with Gasteiger partial charge in [0, 0.05) is 25.1 Å². The maximum absolute atomic E-state index is 13.4. The van der Waals surface area contributed by atoms with Gasteiger partial charge < -0.3 is 18.9 Å². The molecule has 11 heteroatoms. The number of carbonyl (C=O) groups excluding carboxylic acids is 3. The molecule has 0 saturated carbocycles. The van der Waals surface area contributed by atoms with Gasteiger partial charge in [-0.1, -0.05) is 59.9 Å². The maximum atomic E-state index is 13.4. The van der Waals surface area contributed by atoms with Gasteiger partial charge in [0.25, 0.3) is 0 Å². The number of fused-ring (bicyclic) bond motifs is 2. The average Bonchev–Trinajstić information content (AvgIpc) is 3.59. The lowest BCUT2D eigenvalue weighted by molar-refractivity contribution is -0.137. The highest BCUT2D eigenvalue weighted by Crippen LogP contribution is 2.29. The minimum atomic E-state index is -0.579. The molecule has 6 aromatic rings. The zero-order valence-corrected chi connectivity index (χ0v) is 29.6. The molecule has 0 atom stereocenters. The summed E-state index contributed by atoms with van der Waals surface area (Å²) in [5, 5.41) is 8.49. The normalized spacial score (nSPS) is 11.1. The van der Waals surface area contributed by atoms with Crippen molar-refractivity contribution in [2.24, 2.45) is 5.10 Å². The second-order valence-corrected chi connectivity index (χ2v) is 12.8. The molecule has 0 aliphatic heterocycles. The van der Waals surface area contributed by atoms with Crippen LogP contribution in [0.5, 0.6) is 17.2 Å². The van der Waals surface area contributed by atoms with Crippen molar-refractivity contribution in [3.8, 4) is 17.2 Å². The molecule has 5 aromatic carbocycles. The van der Waals surface area contributed by atoms with Crippen LogP contribution in [0, 0.1) is 13.8 Å². The predicted molar refractivity (Wildman–Crippen MR) is 203 cm³/mol. The maximum Gasteiger partial charge on any atom is 0.343 e. The molecule has 52 heavy (non-hydrogen) atoms. The Kier molecular flexibility index (Phi) is 11.0. The summed E-state index contributed by atoms with van der Waals surface area (Å²) in [7, 11) is 1.79. The van der Waals surface area contributed by atoms with Crippen molar-refractivity contribution in [2.45, 2.75) is 20.3 Å². The standard InChI is InChI=1S/C41H35N3O7S/c1-5-38(45)49-20-8-19-48-36-18-15-31(23-32(36)25-42-44(4)41-43-34-9-6-7-10-37(34)52-41)39(46)50-33-16-14-28-22-30(13-12-29(28)24-33)40(47)51-35-17-11-26(2)21-27(35)3/h5-7,9-18,21-25H,1,8,19-20H2,2-4H3/b42-25+. The lowest BCUT2D eigenvalue weighted by Crippen LogP contribution is -2.12. The Bertz CT molecular complexity index is 2300. The quantitative estimate of drug-likeness (QED) is 0.0290. The zero-order valence-electron chi connectivity index (χ0n) is 28.8. The first kappa shape index (κ1) is 35.5. The molecular formula is C41H35N3O7S. The fourth-order valence-electron chi connectivity index (χ4n) is 5.23. The number of aromatic nitrogens is 1. The van der Waals surface area contributed by atoms with Gasteiger partial charge in [-0.05, 0) is 90.8 Å². The van der Waals surface area contributed by atoms with E-state index in [-0.39, 0.29) is 18.8 Å². The van der Waals surface area contributed by atoms with E-state index in [0.29, 0.717) is 39.9 Å². The molecule has 0 bridgehead atoms. The number of hydrazone groups is 1. The van der Waals surface area contributed by atoms with E-state index in [2.05, 4.69) is 16.7 Å². The number of para-hydroxylation sites is 1. The van der Waals surface area contributed by atoms with Crippen LogP contribution in [0.2, 0.25) is 0 Å². The molecule has 0 amide bonds. The number of esters is 3. The molecule has 0 unspecified atom stereocenters. The van der Waals surface area contributed by atoms with Crippen molar-refractivity contribution in [2.75, 3.05) is 25.3 Å².